The lowest BCUT2D eigenvalue weighted by molar-refractivity contribution is -0.0172. The highest BCUT2D eigenvalue weighted by Crippen LogP contribution is 2.31. The van der Waals surface area contributed by atoms with E-state index >= 15 is 0 Å². The van der Waals surface area contributed by atoms with Gasteiger partial charge in [-0.25, -0.2) is 4.39 Å². The average Bonchev–Trinajstić information content (AvgIpc) is 2.98. The molecule has 6 heteroatoms. The molecule has 1 aliphatic heterocycles. The summed E-state index contributed by atoms with van der Waals surface area (Å²) in [5, 5.41) is 4.04. The van der Waals surface area contributed by atoms with Crippen LogP contribution in [0.1, 0.15) is 26.4 Å². The van der Waals surface area contributed by atoms with E-state index in [-0.39, 0.29) is 18.5 Å². The van der Waals surface area contributed by atoms with Crippen LogP contribution < -0.4 is 10.1 Å². The van der Waals surface area contributed by atoms with Gasteiger partial charge in [0.2, 0.25) is 0 Å². The van der Waals surface area contributed by atoms with Gasteiger partial charge in [0.05, 0.1) is 11.5 Å². The van der Waals surface area contributed by atoms with Crippen LogP contribution in [0.2, 0.25) is 0 Å². The summed E-state index contributed by atoms with van der Waals surface area (Å²) in [6.45, 7) is 2.88. The van der Waals surface area contributed by atoms with Crippen LogP contribution in [0, 0.1) is 12.7 Å². The molecule has 2 heterocycles. The first-order chi connectivity index (χ1) is 12.6. The number of rotatable bonds is 4. The molecule has 0 saturated heterocycles. The predicted octanol–water partition coefficient (Wildman–Crippen LogP) is 4.19. The molecule has 0 aliphatic carbocycles. The monoisotopic (exact) mass is 371 g/mol. The lowest BCUT2D eigenvalue weighted by Crippen LogP contribution is -2.26. The molecule has 0 fully saturated rings. The fraction of sp³-hybridized carbons (Fsp3) is 0.250. The van der Waals surface area contributed by atoms with Gasteiger partial charge in [-0.1, -0.05) is 18.2 Å². The standard InChI is InChI=1S/C20H18FNO3S/c1-12-16-4-2-3-5-17(16)26-19(12)20(23)22-7-6-13-8-15(21)9-14-10-24-11-25-18(13)14/h2-5,8-9H,6-7,10-11H2,1H3,(H,22,23). The van der Waals surface area contributed by atoms with E-state index in [0.717, 1.165) is 26.1 Å². The van der Waals surface area contributed by atoms with Crippen molar-refractivity contribution < 1.29 is 18.7 Å². The Labute approximate surface area is 154 Å². The van der Waals surface area contributed by atoms with E-state index in [1.165, 1.54) is 23.5 Å². The highest BCUT2D eigenvalue weighted by molar-refractivity contribution is 7.21. The van der Waals surface area contributed by atoms with Crippen LogP contribution in [0.15, 0.2) is 36.4 Å². The molecule has 26 heavy (non-hydrogen) atoms. The summed E-state index contributed by atoms with van der Waals surface area (Å²) in [5.41, 5.74) is 2.45. The molecule has 1 aromatic heterocycles. The third-order valence-electron chi connectivity index (χ3n) is 4.48. The van der Waals surface area contributed by atoms with Crippen molar-refractivity contribution in [2.45, 2.75) is 20.0 Å². The van der Waals surface area contributed by atoms with Gasteiger partial charge in [0, 0.05) is 16.8 Å². The lowest BCUT2D eigenvalue weighted by atomic mass is 10.1. The highest BCUT2D eigenvalue weighted by atomic mass is 32.1. The molecule has 0 unspecified atom stereocenters. The minimum atomic E-state index is -0.320. The van der Waals surface area contributed by atoms with E-state index in [1.807, 2.05) is 31.2 Å². The molecule has 0 saturated carbocycles. The van der Waals surface area contributed by atoms with Gasteiger partial charge in [0.25, 0.3) is 5.91 Å². The number of aryl methyl sites for hydroxylation is 1. The number of ether oxygens (including phenoxy) is 2. The molecule has 1 amide bonds. The molecule has 0 bridgehead atoms. The number of carbonyl (C=O) groups excluding carboxylic acids is 1. The summed E-state index contributed by atoms with van der Waals surface area (Å²) in [6.07, 6.45) is 0.496. The van der Waals surface area contributed by atoms with Gasteiger partial charge >= 0.3 is 0 Å². The van der Waals surface area contributed by atoms with Crippen molar-refractivity contribution >= 4 is 27.3 Å². The quantitative estimate of drug-likeness (QED) is 0.748. The normalized spacial score (nSPS) is 13.3. The Hall–Kier alpha value is -2.44. The number of nitrogens with one attached hydrogen (secondary N) is 1. The second kappa shape index (κ2) is 7.05. The average molecular weight is 371 g/mol. The van der Waals surface area contributed by atoms with Crippen LogP contribution in [-0.4, -0.2) is 19.2 Å². The molecule has 0 atom stereocenters. The lowest BCUT2D eigenvalue weighted by Gasteiger charge is -2.21. The first-order valence-corrected chi connectivity index (χ1v) is 9.23. The topological polar surface area (TPSA) is 47.6 Å². The smallest absolute Gasteiger partial charge is 0.261 e. The van der Waals surface area contributed by atoms with E-state index in [1.54, 1.807) is 0 Å². The SMILES string of the molecule is Cc1c(C(=O)NCCc2cc(F)cc3c2OCOC3)sc2ccccc12. The molecule has 134 valence electrons. The number of halogens is 1. The predicted molar refractivity (Wildman–Crippen MR) is 99.3 cm³/mol. The summed E-state index contributed by atoms with van der Waals surface area (Å²) in [6, 6.07) is 10.9. The third-order valence-corrected chi connectivity index (χ3v) is 5.75. The van der Waals surface area contributed by atoms with Gasteiger partial charge in [-0.3, -0.25) is 4.79 Å². The van der Waals surface area contributed by atoms with E-state index in [4.69, 9.17) is 9.47 Å². The van der Waals surface area contributed by atoms with Crippen molar-refractivity contribution in [3.63, 3.8) is 0 Å². The maximum absolute atomic E-state index is 13.8. The minimum absolute atomic E-state index is 0.0989. The van der Waals surface area contributed by atoms with Gasteiger partial charge in [-0.2, -0.15) is 0 Å². The summed E-state index contributed by atoms with van der Waals surface area (Å²) in [5.74, 6) is 0.252. The molecule has 1 N–H and O–H groups in total. The van der Waals surface area contributed by atoms with Crippen LogP contribution in [-0.2, 0) is 17.8 Å². The van der Waals surface area contributed by atoms with Gasteiger partial charge in [-0.15, -0.1) is 11.3 Å². The first-order valence-electron chi connectivity index (χ1n) is 8.41. The third kappa shape index (κ3) is 3.18. The summed E-state index contributed by atoms with van der Waals surface area (Å²) in [7, 11) is 0. The zero-order valence-corrected chi connectivity index (χ0v) is 15.1. The van der Waals surface area contributed by atoms with Crippen LogP contribution in [0.4, 0.5) is 4.39 Å². The summed E-state index contributed by atoms with van der Waals surface area (Å²) < 4.78 is 25.6. The summed E-state index contributed by atoms with van der Waals surface area (Å²) in [4.78, 5) is 13.3. The van der Waals surface area contributed by atoms with Gasteiger partial charge in [0.1, 0.15) is 11.6 Å². The van der Waals surface area contributed by atoms with Crippen molar-refractivity contribution in [1.29, 1.82) is 0 Å². The minimum Gasteiger partial charge on any atom is -0.467 e. The molecule has 4 nitrogen and oxygen atoms in total. The Balaban J connectivity index is 1.47. The van der Waals surface area contributed by atoms with Gasteiger partial charge < -0.3 is 14.8 Å². The molecule has 3 aromatic rings. The second-order valence-corrected chi connectivity index (χ2v) is 7.27. The molecular formula is C20H18FNO3S. The highest BCUT2D eigenvalue weighted by Gasteiger charge is 2.18. The zero-order chi connectivity index (χ0) is 18.1. The van der Waals surface area contributed by atoms with Crippen LogP contribution in [0.5, 0.6) is 5.75 Å². The Morgan fingerprint density at radius 3 is 3.00 bits per heavy atom. The number of amides is 1. The van der Waals surface area contributed by atoms with Crippen LogP contribution in [0.3, 0.4) is 0 Å². The maximum Gasteiger partial charge on any atom is 0.261 e. The van der Waals surface area contributed by atoms with Gasteiger partial charge in [-0.05, 0) is 48.1 Å². The van der Waals surface area contributed by atoms with E-state index in [0.29, 0.717) is 30.9 Å². The van der Waals surface area contributed by atoms with Gasteiger partial charge in [0.15, 0.2) is 6.79 Å². The van der Waals surface area contributed by atoms with Crippen molar-refractivity contribution in [3.8, 4) is 5.75 Å². The number of hydrogen-bond donors (Lipinski definition) is 1. The number of fused-ring (bicyclic) bond motifs is 2. The largest absolute Gasteiger partial charge is 0.467 e. The fourth-order valence-corrected chi connectivity index (χ4v) is 4.35. The molecule has 0 spiro atoms. The van der Waals surface area contributed by atoms with E-state index < -0.39 is 0 Å². The van der Waals surface area contributed by atoms with Crippen LogP contribution >= 0.6 is 11.3 Å². The summed E-state index contributed by atoms with van der Waals surface area (Å²) >= 11 is 1.49. The van der Waals surface area contributed by atoms with E-state index in [9.17, 15) is 9.18 Å². The Kier molecular flexibility index (Phi) is 4.61. The molecule has 4 rings (SSSR count). The van der Waals surface area contributed by atoms with Crippen molar-refractivity contribution in [2.24, 2.45) is 0 Å². The van der Waals surface area contributed by atoms with Crippen molar-refractivity contribution in [2.75, 3.05) is 13.3 Å². The molecule has 2 aromatic carbocycles. The zero-order valence-electron chi connectivity index (χ0n) is 14.3. The number of thiophene rings is 1. The Bertz CT molecular complexity index is 983. The second-order valence-electron chi connectivity index (χ2n) is 6.22. The van der Waals surface area contributed by atoms with Crippen molar-refractivity contribution in [3.05, 3.63) is 63.8 Å². The molecular weight excluding hydrogens is 353 g/mol. The van der Waals surface area contributed by atoms with Crippen LogP contribution in [0.25, 0.3) is 10.1 Å². The fourth-order valence-electron chi connectivity index (χ4n) is 3.22. The molecule has 0 radical (unpaired) electrons. The first kappa shape index (κ1) is 17.0. The molecule has 1 aliphatic rings. The van der Waals surface area contributed by atoms with Crippen molar-refractivity contribution in [1.82, 2.24) is 5.32 Å². The Morgan fingerprint density at radius 1 is 1.31 bits per heavy atom. The number of benzene rings is 2. The maximum atomic E-state index is 13.8. The Morgan fingerprint density at radius 2 is 2.15 bits per heavy atom. The van der Waals surface area contributed by atoms with E-state index in [2.05, 4.69) is 5.32 Å². The number of hydrogen-bond acceptors (Lipinski definition) is 4. The number of carbonyl (C=O) groups is 1.